The fraction of sp³-hybridized carbons (Fsp3) is 0.273. The zero-order valence-electron chi connectivity index (χ0n) is 8.12. The minimum Gasteiger partial charge on any atom is -0.491 e. The van der Waals surface area contributed by atoms with Crippen molar-refractivity contribution < 1.29 is 9.15 Å². The Hall–Kier alpha value is -1.48. The van der Waals surface area contributed by atoms with Crippen LogP contribution in [0.15, 0.2) is 34.9 Å². The zero-order chi connectivity index (χ0) is 9.80. The summed E-state index contributed by atoms with van der Waals surface area (Å²) in [5, 5.41) is 4.06. The molecule has 0 spiro atoms. The van der Waals surface area contributed by atoms with Crippen LogP contribution in [0, 0.1) is 0 Å². The molecule has 0 atom stereocenters. The molecule has 2 aromatic rings. The van der Waals surface area contributed by atoms with Crippen molar-refractivity contribution in [1.29, 1.82) is 0 Å². The van der Waals surface area contributed by atoms with Crippen LogP contribution in [0.5, 0.6) is 5.75 Å². The van der Waals surface area contributed by atoms with E-state index < -0.39 is 0 Å². The second kappa shape index (κ2) is 4.15. The van der Waals surface area contributed by atoms with Crippen LogP contribution in [-0.2, 0) is 0 Å². The quantitative estimate of drug-likeness (QED) is 0.751. The lowest BCUT2D eigenvalue weighted by Crippen LogP contribution is -2.15. The van der Waals surface area contributed by atoms with Crippen molar-refractivity contribution in [3.63, 3.8) is 0 Å². The fourth-order valence-electron chi connectivity index (χ4n) is 1.36. The van der Waals surface area contributed by atoms with Crippen molar-refractivity contribution in [1.82, 2.24) is 5.32 Å². The van der Waals surface area contributed by atoms with Gasteiger partial charge in [-0.15, -0.1) is 0 Å². The molecule has 0 aliphatic heterocycles. The van der Waals surface area contributed by atoms with Gasteiger partial charge in [-0.1, -0.05) is 6.07 Å². The molecule has 3 nitrogen and oxygen atoms in total. The fourth-order valence-corrected chi connectivity index (χ4v) is 1.36. The van der Waals surface area contributed by atoms with Crippen molar-refractivity contribution in [2.45, 2.75) is 0 Å². The van der Waals surface area contributed by atoms with Gasteiger partial charge in [-0.2, -0.15) is 0 Å². The molecule has 1 aromatic heterocycles. The first-order valence-electron chi connectivity index (χ1n) is 4.65. The van der Waals surface area contributed by atoms with Crippen molar-refractivity contribution in [2.24, 2.45) is 0 Å². The Morgan fingerprint density at radius 2 is 2.29 bits per heavy atom. The van der Waals surface area contributed by atoms with E-state index in [1.807, 2.05) is 31.3 Å². The predicted octanol–water partition coefficient (Wildman–Crippen LogP) is 2.03. The Balaban J connectivity index is 2.19. The molecule has 0 bridgehead atoms. The van der Waals surface area contributed by atoms with E-state index >= 15 is 0 Å². The van der Waals surface area contributed by atoms with Gasteiger partial charge in [0.2, 0.25) is 0 Å². The molecule has 0 saturated carbocycles. The monoisotopic (exact) mass is 191 g/mol. The van der Waals surface area contributed by atoms with Gasteiger partial charge in [0, 0.05) is 6.54 Å². The van der Waals surface area contributed by atoms with Crippen molar-refractivity contribution in [3.05, 3.63) is 30.5 Å². The molecule has 1 aromatic carbocycles. The largest absolute Gasteiger partial charge is 0.491 e. The molecule has 0 saturated heterocycles. The minimum absolute atomic E-state index is 0.667. The Kier molecular flexibility index (Phi) is 2.70. The van der Waals surface area contributed by atoms with E-state index in [1.165, 1.54) is 0 Å². The van der Waals surface area contributed by atoms with E-state index in [4.69, 9.17) is 9.15 Å². The van der Waals surface area contributed by atoms with E-state index in [1.54, 1.807) is 6.26 Å². The van der Waals surface area contributed by atoms with Crippen LogP contribution < -0.4 is 10.1 Å². The van der Waals surface area contributed by atoms with Gasteiger partial charge in [-0.3, -0.25) is 0 Å². The third-order valence-electron chi connectivity index (χ3n) is 2.07. The van der Waals surface area contributed by atoms with E-state index in [0.717, 1.165) is 23.3 Å². The number of hydrogen-bond donors (Lipinski definition) is 1. The SMILES string of the molecule is CNCCOc1cccc2occc12. The summed E-state index contributed by atoms with van der Waals surface area (Å²) in [4.78, 5) is 0. The molecule has 0 unspecified atom stereocenters. The highest BCUT2D eigenvalue weighted by Gasteiger charge is 2.02. The highest BCUT2D eigenvalue weighted by atomic mass is 16.5. The summed E-state index contributed by atoms with van der Waals surface area (Å²) in [6.45, 7) is 1.51. The van der Waals surface area contributed by atoms with Crippen molar-refractivity contribution >= 4 is 11.0 Å². The topological polar surface area (TPSA) is 34.4 Å². The molecule has 2 rings (SSSR count). The van der Waals surface area contributed by atoms with E-state index in [0.29, 0.717) is 6.61 Å². The van der Waals surface area contributed by atoms with Crippen molar-refractivity contribution in [2.75, 3.05) is 20.2 Å². The molecular weight excluding hydrogens is 178 g/mol. The van der Waals surface area contributed by atoms with Crippen LogP contribution in [0.4, 0.5) is 0 Å². The predicted molar refractivity (Wildman–Crippen MR) is 55.6 cm³/mol. The number of hydrogen-bond acceptors (Lipinski definition) is 3. The molecule has 74 valence electrons. The summed E-state index contributed by atoms with van der Waals surface area (Å²) in [5.41, 5.74) is 0.868. The third-order valence-corrected chi connectivity index (χ3v) is 2.07. The molecule has 0 amide bonds. The van der Waals surface area contributed by atoms with Crippen LogP contribution in [-0.4, -0.2) is 20.2 Å². The van der Waals surface area contributed by atoms with Gasteiger partial charge in [-0.05, 0) is 25.2 Å². The Morgan fingerprint density at radius 1 is 1.36 bits per heavy atom. The first kappa shape index (κ1) is 9.09. The summed E-state index contributed by atoms with van der Waals surface area (Å²) < 4.78 is 10.9. The van der Waals surface area contributed by atoms with Gasteiger partial charge in [-0.25, -0.2) is 0 Å². The average Bonchev–Trinajstić information content (AvgIpc) is 2.67. The summed E-state index contributed by atoms with van der Waals surface area (Å²) in [6.07, 6.45) is 1.68. The maximum atomic E-state index is 5.60. The number of nitrogens with one attached hydrogen (secondary N) is 1. The lowest BCUT2D eigenvalue weighted by molar-refractivity contribution is 0.322. The summed E-state index contributed by atoms with van der Waals surface area (Å²) in [6, 6.07) is 7.73. The Bertz CT molecular complexity index is 408. The summed E-state index contributed by atoms with van der Waals surface area (Å²) in [7, 11) is 1.90. The molecular formula is C11H13NO2. The molecule has 14 heavy (non-hydrogen) atoms. The number of ether oxygens (including phenoxy) is 1. The first-order valence-corrected chi connectivity index (χ1v) is 4.65. The smallest absolute Gasteiger partial charge is 0.137 e. The highest BCUT2D eigenvalue weighted by molar-refractivity contribution is 5.83. The van der Waals surface area contributed by atoms with Gasteiger partial charge in [0.1, 0.15) is 17.9 Å². The maximum Gasteiger partial charge on any atom is 0.137 e. The molecule has 0 aliphatic rings. The number of rotatable bonds is 4. The van der Waals surface area contributed by atoms with E-state index in [2.05, 4.69) is 5.32 Å². The van der Waals surface area contributed by atoms with Crippen LogP contribution in [0.25, 0.3) is 11.0 Å². The number of furan rings is 1. The van der Waals surface area contributed by atoms with Crippen LogP contribution in [0.3, 0.4) is 0 Å². The Labute approximate surface area is 82.7 Å². The molecule has 1 N–H and O–H groups in total. The van der Waals surface area contributed by atoms with Gasteiger partial charge in [0.05, 0.1) is 11.6 Å². The lowest BCUT2D eigenvalue weighted by Gasteiger charge is -2.05. The van der Waals surface area contributed by atoms with E-state index in [9.17, 15) is 0 Å². The molecule has 0 radical (unpaired) electrons. The van der Waals surface area contributed by atoms with Crippen LogP contribution in [0.2, 0.25) is 0 Å². The molecule has 0 aliphatic carbocycles. The molecule has 0 fully saturated rings. The maximum absolute atomic E-state index is 5.60. The van der Waals surface area contributed by atoms with Crippen molar-refractivity contribution in [3.8, 4) is 5.75 Å². The first-order chi connectivity index (χ1) is 6.92. The van der Waals surface area contributed by atoms with E-state index in [-0.39, 0.29) is 0 Å². The van der Waals surface area contributed by atoms with Gasteiger partial charge in [0.15, 0.2) is 0 Å². The van der Waals surface area contributed by atoms with Gasteiger partial charge < -0.3 is 14.5 Å². The summed E-state index contributed by atoms with van der Waals surface area (Å²) in [5.74, 6) is 0.881. The Morgan fingerprint density at radius 3 is 3.14 bits per heavy atom. The minimum atomic E-state index is 0.667. The standard InChI is InChI=1S/C11H13NO2/c1-12-6-8-14-11-4-2-3-10-9(11)5-7-13-10/h2-5,7,12H,6,8H2,1H3. The lowest BCUT2D eigenvalue weighted by atomic mass is 10.2. The third kappa shape index (κ3) is 1.72. The second-order valence-corrected chi connectivity index (χ2v) is 3.04. The average molecular weight is 191 g/mol. The number of fused-ring (bicyclic) bond motifs is 1. The zero-order valence-corrected chi connectivity index (χ0v) is 8.12. The number of likely N-dealkylation sites (N-methyl/N-ethyl adjacent to an activating group) is 1. The highest BCUT2D eigenvalue weighted by Crippen LogP contribution is 2.25. The molecule has 1 heterocycles. The van der Waals surface area contributed by atoms with Crippen LogP contribution >= 0.6 is 0 Å². The second-order valence-electron chi connectivity index (χ2n) is 3.04. The van der Waals surface area contributed by atoms with Gasteiger partial charge in [0.25, 0.3) is 0 Å². The molecule has 3 heteroatoms. The normalized spacial score (nSPS) is 10.6. The number of benzene rings is 1. The summed E-state index contributed by atoms with van der Waals surface area (Å²) >= 11 is 0. The van der Waals surface area contributed by atoms with Crippen LogP contribution in [0.1, 0.15) is 0 Å². The van der Waals surface area contributed by atoms with Gasteiger partial charge >= 0.3 is 0 Å².